The average Bonchev–Trinajstić information content (AvgIpc) is 2.93. The Labute approximate surface area is 227 Å². The lowest BCUT2D eigenvalue weighted by Gasteiger charge is -2.28. The highest BCUT2D eigenvalue weighted by Crippen LogP contribution is 2.41. The summed E-state index contributed by atoms with van der Waals surface area (Å²) in [6.07, 6.45) is 8.33. The van der Waals surface area contributed by atoms with E-state index in [2.05, 4.69) is 18.6 Å². The normalized spacial score (nSPS) is 24.3. The molecule has 39 heavy (non-hydrogen) atoms. The van der Waals surface area contributed by atoms with Crippen molar-refractivity contribution in [3.05, 3.63) is 65.2 Å². The van der Waals surface area contributed by atoms with Crippen LogP contribution in [0.25, 0.3) is 11.1 Å². The van der Waals surface area contributed by atoms with Gasteiger partial charge in [-0.15, -0.1) is 0 Å². The van der Waals surface area contributed by atoms with E-state index in [9.17, 15) is 17.6 Å². The average molecular weight is 553 g/mol. The second kappa shape index (κ2) is 12.8. The molecule has 2 aromatic carbocycles. The van der Waals surface area contributed by atoms with Gasteiger partial charge in [-0.05, 0) is 92.7 Å². The second-order valence-corrected chi connectivity index (χ2v) is 11.3. The molecule has 2 aliphatic carbocycles. The van der Waals surface area contributed by atoms with Crippen molar-refractivity contribution in [3.8, 4) is 16.9 Å². The number of halogens is 6. The van der Waals surface area contributed by atoms with Crippen LogP contribution in [0.3, 0.4) is 0 Å². The zero-order valence-corrected chi connectivity index (χ0v) is 22.7. The first kappa shape index (κ1) is 29.5. The van der Waals surface area contributed by atoms with Crippen molar-refractivity contribution < 1.29 is 31.1 Å². The van der Waals surface area contributed by atoms with E-state index < -0.39 is 46.3 Å². The molecule has 0 unspecified atom stereocenters. The van der Waals surface area contributed by atoms with Crippen molar-refractivity contribution in [2.75, 3.05) is 0 Å². The Morgan fingerprint density at radius 1 is 0.744 bits per heavy atom. The van der Waals surface area contributed by atoms with E-state index in [0.29, 0.717) is 17.9 Å². The fourth-order valence-electron chi connectivity index (χ4n) is 6.29. The van der Waals surface area contributed by atoms with Crippen molar-refractivity contribution >= 4 is 0 Å². The minimum atomic E-state index is -3.86. The molecule has 0 aromatic heterocycles. The molecule has 1 nitrogen and oxygen atoms in total. The highest BCUT2D eigenvalue weighted by molar-refractivity contribution is 5.67. The summed E-state index contributed by atoms with van der Waals surface area (Å²) >= 11 is 0. The van der Waals surface area contributed by atoms with Crippen LogP contribution in [-0.4, -0.2) is 6.11 Å². The zero-order chi connectivity index (χ0) is 28.2. The van der Waals surface area contributed by atoms with E-state index in [-0.39, 0.29) is 17.4 Å². The lowest BCUT2D eigenvalue weighted by molar-refractivity contribution is -0.133. The summed E-state index contributed by atoms with van der Waals surface area (Å²) in [6.45, 7) is 4.24. The number of benzene rings is 2. The van der Waals surface area contributed by atoms with Gasteiger partial charge in [-0.25, -0.2) is 13.2 Å². The van der Waals surface area contributed by atoms with Gasteiger partial charge in [-0.3, -0.25) is 0 Å². The van der Waals surface area contributed by atoms with E-state index in [4.69, 9.17) is 0 Å². The Balaban J connectivity index is 1.46. The standard InChI is InChI=1S/C32H38F6O/c1-3-5-21-6-8-22(9-7-21)18-19-32(37,38)39-27-17-16-26(30(35)31(27)36)25-15-14-24(28(33)29(25)34)23-12-10-20(4-2)11-13-23/h14-23H,3-13H2,1-2H3. The SMILES string of the molecule is CCCC1CCC(C=CC(F)(F)Oc2ccc(-c3ccc(C4CCC(CC)CC4)c(F)c3F)c(F)c2F)CC1. The van der Waals surface area contributed by atoms with Gasteiger partial charge in [0.1, 0.15) is 0 Å². The molecule has 0 N–H and O–H groups in total. The summed E-state index contributed by atoms with van der Waals surface area (Å²) in [5.41, 5.74) is -0.788. The zero-order valence-electron chi connectivity index (χ0n) is 22.7. The molecule has 0 radical (unpaired) electrons. The van der Waals surface area contributed by atoms with Crippen LogP contribution in [0.5, 0.6) is 5.75 Å². The van der Waals surface area contributed by atoms with E-state index in [1.165, 1.54) is 18.2 Å². The minimum Gasteiger partial charge on any atom is -0.426 e. The van der Waals surface area contributed by atoms with Crippen molar-refractivity contribution in [1.29, 1.82) is 0 Å². The van der Waals surface area contributed by atoms with E-state index >= 15 is 8.78 Å². The fraction of sp³-hybridized carbons (Fsp3) is 0.562. The third kappa shape index (κ3) is 7.01. The Morgan fingerprint density at radius 3 is 1.95 bits per heavy atom. The fourth-order valence-corrected chi connectivity index (χ4v) is 6.29. The second-order valence-electron chi connectivity index (χ2n) is 11.3. The molecule has 0 bridgehead atoms. The summed E-state index contributed by atoms with van der Waals surface area (Å²) in [4.78, 5) is 0. The number of rotatable bonds is 9. The van der Waals surface area contributed by atoms with Gasteiger partial charge in [0.15, 0.2) is 23.2 Å². The highest BCUT2D eigenvalue weighted by Gasteiger charge is 2.32. The Bertz CT molecular complexity index is 1140. The maximum atomic E-state index is 15.0. The Morgan fingerprint density at radius 2 is 1.33 bits per heavy atom. The van der Waals surface area contributed by atoms with Gasteiger partial charge in [0.05, 0.1) is 0 Å². The van der Waals surface area contributed by atoms with Crippen molar-refractivity contribution in [3.63, 3.8) is 0 Å². The number of ether oxygens (including phenoxy) is 1. The molecule has 0 amide bonds. The van der Waals surface area contributed by atoms with Crippen LogP contribution in [0.4, 0.5) is 26.3 Å². The summed E-state index contributed by atoms with van der Waals surface area (Å²) in [7, 11) is 0. The Hall–Kier alpha value is -2.44. The topological polar surface area (TPSA) is 9.23 Å². The van der Waals surface area contributed by atoms with Crippen LogP contribution in [0.1, 0.15) is 96.0 Å². The third-order valence-electron chi connectivity index (χ3n) is 8.71. The van der Waals surface area contributed by atoms with Gasteiger partial charge in [-0.1, -0.05) is 51.3 Å². The van der Waals surface area contributed by atoms with Crippen LogP contribution in [-0.2, 0) is 0 Å². The minimum absolute atomic E-state index is 0.0148. The van der Waals surface area contributed by atoms with Gasteiger partial charge >= 0.3 is 6.11 Å². The summed E-state index contributed by atoms with van der Waals surface area (Å²) < 4.78 is 93.3. The molecule has 7 heteroatoms. The summed E-state index contributed by atoms with van der Waals surface area (Å²) in [5, 5.41) is 0. The molecule has 214 valence electrons. The predicted molar refractivity (Wildman–Crippen MR) is 142 cm³/mol. The molecule has 0 spiro atoms. The molecule has 2 aliphatic rings. The number of alkyl halides is 2. The van der Waals surface area contributed by atoms with E-state index in [1.54, 1.807) is 0 Å². The van der Waals surface area contributed by atoms with Crippen molar-refractivity contribution in [1.82, 2.24) is 0 Å². The first-order valence-corrected chi connectivity index (χ1v) is 14.4. The monoisotopic (exact) mass is 552 g/mol. The smallest absolute Gasteiger partial charge is 0.419 e. The van der Waals surface area contributed by atoms with Gasteiger partial charge in [0.2, 0.25) is 5.82 Å². The van der Waals surface area contributed by atoms with Crippen molar-refractivity contribution in [2.24, 2.45) is 17.8 Å². The molecule has 2 aromatic rings. The third-order valence-corrected chi connectivity index (χ3v) is 8.71. The molecular weight excluding hydrogens is 514 g/mol. The lowest BCUT2D eigenvalue weighted by atomic mass is 9.77. The van der Waals surface area contributed by atoms with Crippen LogP contribution in [0, 0.1) is 41.0 Å². The molecule has 0 saturated heterocycles. The summed E-state index contributed by atoms with van der Waals surface area (Å²) in [6, 6.07) is 4.40. The number of hydrogen-bond acceptors (Lipinski definition) is 1. The molecule has 2 saturated carbocycles. The van der Waals surface area contributed by atoms with Gasteiger partial charge in [0, 0.05) is 17.2 Å². The first-order valence-electron chi connectivity index (χ1n) is 14.4. The summed E-state index contributed by atoms with van der Waals surface area (Å²) in [5.74, 6) is -5.54. The van der Waals surface area contributed by atoms with Crippen LogP contribution in [0.2, 0.25) is 0 Å². The van der Waals surface area contributed by atoms with Crippen LogP contribution in [0.15, 0.2) is 36.4 Å². The lowest BCUT2D eigenvalue weighted by Crippen LogP contribution is -2.23. The largest absolute Gasteiger partial charge is 0.426 e. The quantitative estimate of drug-likeness (QED) is 0.222. The first-order chi connectivity index (χ1) is 18.6. The maximum Gasteiger partial charge on any atom is 0.419 e. The number of allylic oxidation sites excluding steroid dienone is 1. The Kier molecular flexibility index (Phi) is 9.71. The van der Waals surface area contributed by atoms with E-state index in [0.717, 1.165) is 82.8 Å². The van der Waals surface area contributed by atoms with Gasteiger partial charge in [0.25, 0.3) is 0 Å². The van der Waals surface area contributed by atoms with E-state index in [1.807, 2.05) is 0 Å². The molecule has 4 rings (SSSR count). The molecule has 0 atom stereocenters. The van der Waals surface area contributed by atoms with Crippen LogP contribution < -0.4 is 4.74 Å². The molecule has 0 aliphatic heterocycles. The highest BCUT2D eigenvalue weighted by atomic mass is 19.3. The van der Waals surface area contributed by atoms with Gasteiger partial charge < -0.3 is 4.74 Å². The van der Waals surface area contributed by atoms with Gasteiger partial charge in [-0.2, -0.15) is 13.2 Å². The molecule has 0 heterocycles. The predicted octanol–water partition coefficient (Wildman–Crippen LogP) is 10.7. The van der Waals surface area contributed by atoms with Crippen molar-refractivity contribution in [2.45, 2.75) is 96.5 Å². The van der Waals surface area contributed by atoms with Crippen LogP contribution >= 0.6 is 0 Å². The maximum absolute atomic E-state index is 15.0. The molecular formula is C32H38F6O. The molecule has 2 fully saturated rings. The number of hydrogen-bond donors (Lipinski definition) is 0.